The Balaban J connectivity index is 1.34. The number of hydrogen-bond acceptors (Lipinski definition) is 6. The zero-order chi connectivity index (χ0) is 33.6. The summed E-state index contributed by atoms with van der Waals surface area (Å²) < 4.78 is 6.44. The van der Waals surface area contributed by atoms with E-state index in [0.29, 0.717) is 60.7 Å². The third-order valence-electron chi connectivity index (χ3n) is 9.84. The summed E-state index contributed by atoms with van der Waals surface area (Å²) in [6.07, 6.45) is 5.38. The molecule has 8 aromatic rings. The van der Waals surface area contributed by atoms with E-state index >= 15 is 0 Å². The Morgan fingerprint density at radius 3 is 1.80 bits per heavy atom. The number of aromatic hydroxyl groups is 5. The smallest absolute Gasteiger partial charge is 0.177 e. The van der Waals surface area contributed by atoms with Crippen LogP contribution in [0.1, 0.15) is 18.1 Å². The molecule has 0 bridgehead atoms. The van der Waals surface area contributed by atoms with Gasteiger partial charge < -0.3 is 29.9 Å². The molecule has 0 aliphatic heterocycles. The number of phenols is 5. The van der Waals surface area contributed by atoms with E-state index in [2.05, 4.69) is 37.3 Å². The standard InChI is InChI=1S/C43H30O6/c1-22-10-11-23-12-13-25(15-26(23)14-22)28-8-5-9-29-34-16-27(17-39(48)43(34)49-42(28)29)41-32-20-37(46)35(44)18-30(32)40(24-6-3-2-4-7-24)31-19-36(45)38(47)21-33(31)41/h2-13,15-22,44-48H,14H2,1H3. The van der Waals surface area contributed by atoms with Gasteiger partial charge >= 0.3 is 0 Å². The fraction of sp³-hybridized carbons (Fsp3) is 0.0698. The Kier molecular flexibility index (Phi) is 6.20. The van der Waals surface area contributed by atoms with Crippen molar-refractivity contribution in [3.05, 3.63) is 120 Å². The monoisotopic (exact) mass is 642 g/mol. The normalized spacial score (nSPS) is 14.3. The lowest BCUT2D eigenvalue weighted by Crippen LogP contribution is -2.03. The third kappa shape index (κ3) is 4.41. The SMILES string of the molecule is CC1C=Cc2ccc(-c3cccc4c3oc3c(O)cc(-c5c6cc(O)c(O)cc6c(-c6ccccc6)c6cc(O)c(O)cc56)cc34)cc2C1. The molecule has 1 aromatic heterocycles. The van der Waals surface area contributed by atoms with Gasteiger partial charge in [0.2, 0.25) is 0 Å². The average molecular weight is 643 g/mol. The topological polar surface area (TPSA) is 114 Å². The molecule has 0 fully saturated rings. The number of benzene rings is 7. The quantitative estimate of drug-likeness (QED) is 0.0968. The van der Waals surface area contributed by atoms with Crippen LogP contribution in [-0.4, -0.2) is 25.5 Å². The lowest BCUT2D eigenvalue weighted by Gasteiger charge is -2.19. The van der Waals surface area contributed by atoms with Crippen molar-refractivity contribution in [3.63, 3.8) is 0 Å². The number of phenolic OH excluding ortho intramolecular Hbond substituents is 5. The summed E-state index contributed by atoms with van der Waals surface area (Å²) in [5.74, 6) is -0.818. The summed E-state index contributed by atoms with van der Waals surface area (Å²) in [7, 11) is 0. The molecule has 9 rings (SSSR count). The van der Waals surface area contributed by atoms with Gasteiger partial charge in [-0.05, 0) is 109 Å². The highest BCUT2D eigenvalue weighted by molar-refractivity contribution is 6.23. The Labute approximate surface area is 280 Å². The average Bonchev–Trinajstić information content (AvgIpc) is 3.48. The van der Waals surface area contributed by atoms with Crippen LogP contribution in [0.15, 0.2) is 114 Å². The highest BCUT2D eigenvalue weighted by Crippen LogP contribution is 2.50. The summed E-state index contributed by atoms with van der Waals surface area (Å²) in [4.78, 5) is 0. The molecular weight excluding hydrogens is 612 g/mol. The first-order chi connectivity index (χ1) is 23.7. The molecule has 1 unspecified atom stereocenters. The first-order valence-corrected chi connectivity index (χ1v) is 16.2. The third-order valence-corrected chi connectivity index (χ3v) is 9.84. The maximum absolute atomic E-state index is 11.6. The van der Waals surface area contributed by atoms with E-state index in [-0.39, 0.29) is 28.7 Å². The largest absolute Gasteiger partial charge is 0.504 e. The number of para-hydroxylation sites is 1. The van der Waals surface area contributed by atoms with Gasteiger partial charge in [-0.25, -0.2) is 0 Å². The number of rotatable bonds is 3. The predicted molar refractivity (Wildman–Crippen MR) is 195 cm³/mol. The molecule has 0 amide bonds. The van der Waals surface area contributed by atoms with Gasteiger partial charge in [0, 0.05) is 16.3 Å². The predicted octanol–water partition coefficient (Wildman–Crippen LogP) is 10.6. The molecular formula is C43H30O6. The van der Waals surface area contributed by atoms with Gasteiger partial charge in [-0.3, -0.25) is 0 Å². The van der Waals surface area contributed by atoms with E-state index in [9.17, 15) is 25.5 Å². The Morgan fingerprint density at radius 2 is 1.14 bits per heavy atom. The van der Waals surface area contributed by atoms with Gasteiger partial charge in [0.05, 0.1) is 0 Å². The summed E-state index contributed by atoms with van der Waals surface area (Å²) in [5.41, 5.74) is 8.17. The minimum Gasteiger partial charge on any atom is -0.504 e. The molecule has 6 heteroatoms. The van der Waals surface area contributed by atoms with Crippen LogP contribution in [-0.2, 0) is 6.42 Å². The van der Waals surface area contributed by atoms with E-state index in [0.717, 1.165) is 28.5 Å². The molecule has 0 saturated carbocycles. The molecule has 49 heavy (non-hydrogen) atoms. The van der Waals surface area contributed by atoms with Crippen molar-refractivity contribution in [2.45, 2.75) is 13.3 Å². The molecule has 0 saturated heterocycles. The van der Waals surface area contributed by atoms with Gasteiger partial charge in [0.25, 0.3) is 0 Å². The summed E-state index contributed by atoms with van der Waals surface area (Å²) in [6, 6.07) is 31.5. The molecule has 1 atom stereocenters. The van der Waals surface area contributed by atoms with Crippen molar-refractivity contribution in [2.24, 2.45) is 5.92 Å². The Morgan fingerprint density at radius 1 is 0.510 bits per heavy atom. The van der Waals surface area contributed by atoms with Gasteiger partial charge in [-0.1, -0.05) is 85.8 Å². The molecule has 238 valence electrons. The highest BCUT2D eigenvalue weighted by atomic mass is 16.4. The molecule has 1 heterocycles. The first-order valence-electron chi connectivity index (χ1n) is 16.2. The molecule has 1 aliphatic rings. The van der Waals surface area contributed by atoms with Crippen LogP contribution in [0.3, 0.4) is 0 Å². The van der Waals surface area contributed by atoms with Crippen molar-refractivity contribution >= 4 is 49.6 Å². The van der Waals surface area contributed by atoms with Crippen LogP contribution in [0.25, 0.3) is 82.9 Å². The molecule has 5 N–H and O–H groups in total. The molecule has 6 nitrogen and oxygen atoms in total. The summed E-state index contributed by atoms with van der Waals surface area (Å²) in [6.45, 7) is 2.21. The molecule has 7 aromatic carbocycles. The van der Waals surface area contributed by atoms with Crippen LogP contribution in [0.5, 0.6) is 28.7 Å². The van der Waals surface area contributed by atoms with Gasteiger partial charge in [0.1, 0.15) is 5.58 Å². The van der Waals surface area contributed by atoms with Gasteiger partial charge in [-0.2, -0.15) is 0 Å². The number of fused-ring (bicyclic) bond motifs is 6. The van der Waals surface area contributed by atoms with Crippen molar-refractivity contribution < 1.29 is 29.9 Å². The molecule has 0 radical (unpaired) electrons. The first kappa shape index (κ1) is 28.8. The fourth-order valence-corrected chi connectivity index (χ4v) is 7.55. The number of furan rings is 1. The van der Waals surface area contributed by atoms with E-state index in [1.54, 1.807) is 6.07 Å². The minimum atomic E-state index is -0.311. The second-order valence-corrected chi connectivity index (χ2v) is 13.0. The fourth-order valence-electron chi connectivity index (χ4n) is 7.55. The number of allylic oxidation sites excluding steroid dienone is 1. The lowest BCUT2D eigenvalue weighted by atomic mass is 9.85. The minimum absolute atomic E-state index is 0.0708. The van der Waals surface area contributed by atoms with Gasteiger partial charge in [-0.15, -0.1) is 0 Å². The van der Waals surface area contributed by atoms with Crippen molar-refractivity contribution in [1.29, 1.82) is 0 Å². The lowest BCUT2D eigenvalue weighted by molar-refractivity contribution is 0.404. The van der Waals surface area contributed by atoms with Crippen LogP contribution >= 0.6 is 0 Å². The number of hydrogen-bond donors (Lipinski definition) is 5. The van der Waals surface area contributed by atoms with Gasteiger partial charge in [0.15, 0.2) is 34.3 Å². The second-order valence-electron chi connectivity index (χ2n) is 13.0. The Bertz CT molecular complexity index is 2630. The van der Waals surface area contributed by atoms with Crippen molar-refractivity contribution in [2.75, 3.05) is 0 Å². The second kappa shape index (κ2) is 10.6. The van der Waals surface area contributed by atoms with Crippen LogP contribution in [0, 0.1) is 5.92 Å². The van der Waals surface area contributed by atoms with E-state index in [1.165, 1.54) is 35.4 Å². The zero-order valence-electron chi connectivity index (χ0n) is 26.4. The van der Waals surface area contributed by atoms with Crippen LogP contribution in [0.4, 0.5) is 0 Å². The highest BCUT2D eigenvalue weighted by Gasteiger charge is 2.23. The Hall–Kier alpha value is -6.40. The maximum Gasteiger partial charge on any atom is 0.177 e. The molecule has 0 spiro atoms. The summed E-state index contributed by atoms with van der Waals surface area (Å²) >= 11 is 0. The van der Waals surface area contributed by atoms with Crippen molar-refractivity contribution in [1.82, 2.24) is 0 Å². The maximum atomic E-state index is 11.6. The van der Waals surface area contributed by atoms with Crippen LogP contribution < -0.4 is 0 Å². The van der Waals surface area contributed by atoms with E-state index < -0.39 is 0 Å². The van der Waals surface area contributed by atoms with E-state index in [1.807, 2.05) is 54.6 Å². The molecule has 1 aliphatic carbocycles. The van der Waals surface area contributed by atoms with Crippen LogP contribution in [0.2, 0.25) is 0 Å². The van der Waals surface area contributed by atoms with Crippen molar-refractivity contribution in [3.8, 4) is 62.1 Å². The summed E-state index contributed by atoms with van der Waals surface area (Å²) in [5, 5.41) is 58.4. The zero-order valence-corrected chi connectivity index (χ0v) is 26.4. The van der Waals surface area contributed by atoms with E-state index in [4.69, 9.17) is 4.42 Å².